The third kappa shape index (κ3) is 5.65. The number of hydrogen-bond acceptors (Lipinski definition) is 5. The molecule has 0 aliphatic carbocycles. The van der Waals surface area contributed by atoms with Crippen LogP contribution in [-0.2, 0) is 4.79 Å². The van der Waals surface area contributed by atoms with E-state index in [2.05, 4.69) is 31.3 Å². The molecule has 1 aliphatic heterocycles. The topological polar surface area (TPSA) is 70.9 Å². The molecular formula is C27H25N3O2S. The average molecular weight is 456 g/mol. The third-order valence-electron chi connectivity index (χ3n) is 5.46. The fourth-order valence-electron chi connectivity index (χ4n) is 3.48. The number of benzene rings is 3. The zero-order valence-electron chi connectivity index (χ0n) is 18.9. The summed E-state index contributed by atoms with van der Waals surface area (Å²) in [6.45, 7) is 5.66. The van der Waals surface area contributed by atoms with Crippen molar-refractivity contribution in [2.45, 2.75) is 27.2 Å². The van der Waals surface area contributed by atoms with Crippen molar-refractivity contribution in [3.63, 3.8) is 0 Å². The lowest BCUT2D eigenvalue weighted by Crippen LogP contribution is -2.16. The standard InChI is InChI=1S/C27H25N3O2S/c1-17-13-24-25(14-18(17)2)30-27(15-23(29-24)21-7-5-4-6-8-21)33-16-26(32)28-22-11-9-20(10-12-22)19(3)31/h4-14H,15-16H2,1-3H3,(H,28,32). The molecule has 6 heteroatoms. The summed E-state index contributed by atoms with van der Waals surface area (Å²) in [5, 5.41) is 3.73. The second-order valence-corrected chi connectivity index (χ2v) is 9.05. The summed E-state index contributed by atoms with van der Waals surface area (Å²) >= 11 is 1.42. The van der Waals surface area contributed by atoms with Crippen molar-refractivity contribution >= 4 is 51.3 Å². The quantitative estimate of drug-likeness (QED) is 0.451. The number of nitrogens with zero attached hydrogens (tertiary/aromatic N) is 2. The summed E-state index contributed by atoms with van der Waals surface area (Å²) in [6.07, 6.45) is 0.558. The SMILES string of the molecule is CC(=O)c1ccc(NC(=O)CSC2=Nc3cc(C)c(C)cc3N=C(c3ccccc3)C2)cc1. The number of amides is 1. The third-order valence-corrected chi connectivity index (χ3v) is 6.44. The maximum absolute atomic E-state index is 12.6. The second kappa shape index (κ2) is 9.96. The first-order valence-electron chi connectivity index (χ1n) is 10.7. The molecule has 4 rings (SSSR count). The molecule has 33 heavy (non-hydrogen) atoms. The van der Waals surface area contributed by atoms with E-state index >= 15 is 0 Å². The van der Waals surface area contributed by atoms with Gasteiger partial charge in [0.2, 0.25) is 5.91 Å². The van der Waals surface area contributed by atoms with Crippen LogP contribution in [0.15, 0.2) is 76.7 Å². The van der Waals surface area contributed by atoms with Gasteiger partial charge < -0.3 is 5.32 Å². The maximum Gasteiger partial charge on any atom is 0.234 e. The lowest BCUT2D eigenvalue weighted by atomic mass is 10.1. The number of rotatable bonds is 5. The van der Waals surface area contributed by atoms with Gasteiger partial charge in [-0.05, 0) is 73.9 Å². The van der Waals surface area contributed by atoms with Crippen LogP contribution < -0.4 is 5.32 Å². The molecule has 3 aromatic carbocycles. The van der Waals surface area contributed by atoms with Crippen molar-refractivity contribution in [1.82, 2.24) is 0 Å². The highest BCUT2D eigenvalue weighted by atomic mass is 32.2. The molecule has 1 N–H and O–H groups in total. The second-order valence-electron chi connectivity index (χ2n) is 8.00. The highest BCUT2D eigenvalue weighted by Crippen LogP contribution is 2.36. The van der Waals surface area contributed by atoms with E-state index < -0.39 is 0 Å². The predicted octanol–water partition coefficient (Wildman–Crippen LogP) is 6.43. The molecule has 1 aliphatic rings. The van der Waals surface area contributed by atoms with Crippen LogP contribution in [-0.4, -0.2) is 28.2 Å². The van der Waals surface area contributed by atoms with E-state index in [-0.39, 0.29) is 17.4 Å². The number of Topliss-reactive ketones (excluding diaryl/α,β-unsaturated/α-hetero) is 1. The van der Waals surface area contributed by atoms with Crippen LogP contribution in [0.2, 0.25) is 0 Å². The van der Waals surface area contributed by atoms with E-state index in [1.54, 1.807) is 24.3 Å². The molecule has 5 nitrogen and oxygen atoms in total. The summed E-state index contributed by atoms with van der Waals surface area (Å²) < 4.78 is 0. The summed E-state index contributed by atoms with van der Waals surface area (Å²) in [4.78, 5) is 33.8. The Morgan fingerprint density at radius 2 is 1.55 bits per heavy atom. The predicted molar refractivity (Wildman–Crippen MR) is 138 cm³/mol. The Morgan fingerprint density at radius 1 is 0.909 bits per heavy atom. The normalized spacial score (nSPS) is 12.8. The van der Waals surface area contributed by atoms with E-state index in [0.29, 0.717) is 17.7 Å². The Bertz CT molecular complexity index is 1260. The number of fused-ring (bicyclic) bond motifs is 1. The number of ketones is 1. The Morgan fingerprint density at radius 3 is 2.18 bits per heavy atom. The molecule has 0 bridgehead atoms. The van der Waals surface area contributed by atoms with Crippen molar-refractivity contribution in [3.8, 4) is 0 Å². The number of nitrogens with one attached hydrogen (secondary N) is 1. The fourth-order valence-corrected chi connectivity index (χ4v) is 4.25. The van der Waals surface area contributed by atoms with Gasteiger partial charge in [-0.25, -0.2) is 4.99 Å². The molecule has 0 unspecified atom stereocenters. The van der Waals surface area contributed by atoms with Crippen molar-refractivity contribution < 1.29 is 9.59 Å². The van der Waals surface area contributed by atoms with Crippen LogP contribution >= 0.6 is 11.8 Å². The van der Waals surface area contributed by atoms with Gasteiger partial charge in [-0.1, -0.05) is 30.3 Å². The summed E-state index contributed by atoms with van der Waals surface area (Å²) in [5.74, 6) is 0.104. The molecule has 0 saturated heterocycles. The van der Waals surface area contributed by atoms with Crippen LogP contribution in [0.25, 0.3) is 0 Å². The van der Waals surface area contributed by atoms with Crippen molar-refractivity contribution in [3.05, 3.63) is 89.0 Å². The Balaban J connectivity index is 1.53. The number of thioether (sulfide) groups is 1. The first-order valence-corrected chi connectivity index (χ1v) is 11.7. The Hall–Kier alpha value is -3.51. The molecule has 0 fully saturated rings. The monoisotopic (exact) mass is 455 g/mol. The number of aryl methyl sites for hydroxylation is 2. The molecule has 0 spiro atoms. The highest BCUT2D eigenvalue weighted by molar-refractivity contribution is 8.14. The van der Waals surface area contributed by atoms with E-state index in [1.807, 2.05) is 30.3 Å². The minimum Gasteiger partial charge on any atom is -0.325 e. The number of carbonyl (C=O) groups is 2. The fraction of sp³-hybridized carbons (Fsp3) is 0.185. The summed E-state index contributed by atoms with van der Waals surface area (Å²) in [6, 6.07) is 21.1. The van der Waals surface area contributed by atoms with Gasteiger partial charge >= 0.3 is 0 Å². The zero-order valence-corrected chi connectivity index (χ0v) is 19.7. The number of anilines is 1. The van der Waals surface area contributed by atoms with Gasteiger partial charge in [-0.15, -0.1) is 11.8 Å². The van der Waals surface area contributed by atoms with Gasteiger partial charge in [0, 0.05) is 17.7 Å². The van der Waals surface area contributed by atoms with E-state index in [9.17, 15) is 9.59 Å². The van der Waals surface area contributed by atoms with Crippen molar-refractivity contribution in [2.24, 2.45) is 9.98 Å². The van der Waals surface area contributed by atoms with Crippen molar-refractivity contribution in [2.75, 3.05) is 11.1 Å². The molecule has 1 heterocycles. The Labute approximate surface area is 198 Å². The van der Waals surface area contributed by atoms with Crippen LogP contribution in [0.1, 0.15) is 40.4 Å². The highest BCUT2D eigenvalue weighted by Gasteiger charge is 2.17. The van der Waals surface area contributed by atoms with Gasteiger partial charge in [0.25, 0.3) is 0 Å². The number of hydrogen-bond donors (Lipinski definition) is 1. The first kappa shape index (κ1) is 22.7. The van der Waals surface area contributed by atoms with Crippen LogP contribution in [0.4, 0.5) is 17.1 Å². The van der Waals surface area contributed by atoms with Gasteiger partial charge in [0.05, 0.1) is 27.9 Å². The van der Waals surface area contributed by atoms with Crippen LogP contribution in [0, 0.1) is 13.8 Å². The van der Waals surface area contributed by atoms with Crippen LogP contribution in [0.5, 0.6) is 0 Å². The van der Waals surface area contributed by atoms with Gasteiger partial charge in [0.1, 0.15) is 0 Å². The van der Waals surface area contributed by atoms with Gasteiger partial charge in [0.15, 0.2) is 5.78 Å². The summed E-state index contributed by atoms with van der Waals surface area (Å²) in [7, 11) is 0. The van der Waals surface area contributed by atoms with E-state index in [0.717, 1.165) is 33.3 Å². The molecule has 1 amide bonds. The lowest BCUT2D eigenvalue weighted by Gasteiger charge is -2.08. The maximum atomic E-state index is 12.6. The van der Waals surface area contributed by atoms with E-state index in [1.165, 1.54) is 24.2 Å². The molecule has 0 radical (unpaired) electrons. The largest absolute Gasteiger partial charge is 0.325 e. The minimum absolute atomic E-state index is 0.00333. The average Bonchev–Trinajstić information content (AvgIpc) is 2.98. The molecule has 0 atom stereocenters. The molecule has 0 aromatic heterocycles. The van der Waals surface area contributed by atoms with E-state index in [4.69, 9.17) is 9.98 Å². The summed E-state index contributed by atoms with van der Waals surface area (Å²) in [5.41, 5.74) is 7.27. The minimum atomic E-state index is -0.124. The molecule has 0 saturated carbocycles. The number of carbonyl (C=O) groups excluding carboxylic acids is 2. The lowest BCUT2D eigenvalue weighted by molar-refractivity contribution is -0.113. The molecule has 166 valence electrons. The van der Waals surface area contributed by atoms with Gasteiger partial charge in [-0.3, -0.25) is 14.6 Å². The molecule has 3 aromatic rings. The Kier molecular flexibility index (Phi) is 6.84. The smallest absolute Gasteiger partial charge is 0.234 e. The first-order chi connectivity index (χ1) is 15.9. The van der Waals surface area contributed by atoms with Crippen LogP contribution in [0.3, 0.4) is 0 Å². The number of aliphatic imine (C=N–C) groups is 2. The molecular weight excluding hydrogens is 430 g/mol. The van der Waals surface area contributed by atoms with Crippen molar-refractivity contribution in [1.29, 1.82) is 0 Å². The zero-order chi connectivity index (χ0) is 23.4. The van der Waals surface area contributed by atoms with Gasteiger partial charge in [-0.2, -0.15) is 0 Å².